The summed E-state index contributed by atoms with van der Waals surface area (Å²) >= 11 is 0. The number of halogens is 9. The number of nitrogens with zero attached hydrogens (tertiary/aromatic N) is 2. The molecule has 37 heavy (non-hydrogen) atoms. The molecule has 2 aliphatic heterocycles. The van der Waals surface area contributed by atoms with Gasteiger partial charge in [0.05, 0.1) is 19.3 Å². The highest BCUT2D eigenvalue weighted by Crippen LogP contribution is 2.50. The maximum atomic E-state index is 13.1. The minimum atomic E-state index is -5.89. The number of alkyl halides is 9. The summed E-state index contributed by atoms with van der Waals surface area (Å²) in [5, 5.41) is 20.0. The van der Waals surface area contributed by atoms with Crippen LogP contribution in [0.5, 0.6) is 0 Å². The van der Waals surface area contributed by atoms with E-state index in [9.17, 15) is 44.6 Å². The number of carbonyl (C=O) groups is 1. The van der Waals surface area contributed by atoms with Crippen molar-refractivity contribution in [2.45, 2.75) is 43.1 Å². The summed E-state index contributed by atoms with van der Waals surface area (Å²) in [5.74, 6) is -2.76. The molecule has 0 aliphatic carbocycles. The van der Waals surface area contributed by atoms with Gasteiger partial charge in [0.25, 0.3) is 5.60 Å². The predicted octanol–water partition coefficient (Wildman–Crippen LogP) is 3.13. The largest absolute Gasteiger partial charge is 0.490 e. The van der Waals surface area contributed by atoms with Crippen molar-refractivity contribution >= 4 is 11.7 Å². The van der Waals surface area contributed by atoms with Crippen LogP contribution in [0.25, 0.3) is 0 Å². The van der Waals surface area contributed by atoms with Crippen LogP contribution in [0.4, 0.5) is 45.2 Å². The Labute approximate surface area is 205 Å². The summed E-state index contributed by atoms with van der Waals surface area (Å²) in [6, 6.07) is 4.03. The summed E-state index contributed by atoms with van der Waals surface area (Å²) in [5.41, 5.74) is -5.65. The fourth-order valence-corrected chi connectivity index (χ4v) is 3.95. The molecule has 0 bridgehead atoms. The molecule has 2 saturated heterocycles. The lowest BCUT2D eigenvalue weighted by molar-refractivity contribution is -0.376. The summed E-state index contributed by atoms with van der Waals surface area (Å²) in [7, 11) is 0. The molecule has 2 atom stereocenters. The molecule has 0 amide bonds. The molecule has 2 fully saturated rings. The Hall–Kier alpha value is -2.30. The van der Waals surface area contributed by atoms with Crippen molar-refractivity contribution in [1.29, 1.82) is 0 Å². The molecular weight excluding hydrogens is 529 g/mol. The highest BCUT2D eigenvalue weighted by molar-refractivity contribution is 5.73. The molecule has 0 unspecified atom stereocenters. The van der Waals surface area contributed by atoms with E-state index >= 15 is 0 Å². The van der Waals surface area contributed by atoms with Crippen LogP contribution in [0.1, 0.15) is 12.5 Å². The van der Waals surface area contributed by atoms with E-state index in [1.54, 1.807) is 0 Å². The van der Waals surface area contributed by atoms with Crippen LogP contribution in [0.3, 0.4) is 0 Å². The molecule has 212 valence electrons. The Morgan fingerprint density at radius 1 is 1.03 bits per heavy atom. The topological polar surface area (TPSA) is 85.3 Å². The van der Waals surface area contributed by atoms with Gasteiger partial charge in [0.15, 0.2) is 0 Å². The Morgan fingerprint density at radius 2 is 1.57 bits per heavy atom. The van der Waals surface area contributed by atoms with Gasteiger partial charge in [-0.25, -0.2) is 4.79 Å². The summed E-state index contributed by atoms with van der Waals surface area (Å²) in [6.45, 7) is 6.57. The highest BCUT2D eigenvalue weighted by Gasteiger charge is 2.71. The minimum Gasteiger partial charge on any atom is -0.475 e. The summed E-state index contributed by atoms with van der Waals surface area (Å²) < 4.78 is 116. The third-order valence-corrected chi connectivity index (χ3v) is 5.98. The van der Waals surface area contributed by atoms with Crippen LogP contribution in [0, 0.1) is 0 Å². The van der Waals surface area contributed by atoms with E-state index in [0.717, 1.165) is 6.54 Å². The zero-order chi connectivity index (χ0) is 28.2. The van der Waals surface area contributed by atoms with Gasteiger partial charge in [-0.15, -0.1) is 0 Å². The van der Waals surface area contributed by atoms with E-state index in [4.69, 9.17) is 14.6 Å². The number of piperazine rings is 1. The first-order valence-electron chi connectivity index (χ1n) is 10.9. The van der Waals surface area contributed by atoms with Crippen molar-refractivity contribution in [3.05, 3.63) is 29.8 Å². The van der Waals surface area contributed by atoms with Crippen molar-refractivity contribution in [3.8, 4) is 0 Å². The van der Waals surface area contributed by atoms with Crippen LogP contribution < -0.4 is 10.2 Å². The van der Waals surface area contributed by atoms with Crippen molar-refractivity contribution < 1.29 is 59.3 Å². The summed E-state index contributed by atoms with van der Waals surface area (Å²) in [6.07, 6.45) is -16.9. The lowest BCUT2D eigenvalue weighted by Gasteiger charge is -2.43. The monoisotopic (exact) mass is 555 g/mol. The number of anilines is 1. The van der Waals surface area contributed by atoms with Gasteiger partial charge in [-0.1, -0.05) is 12.1 Å². The Balaban J connectivity index is 0.000000604. The standard InChI is InChI=1S/C19H25F6N3O2.C2HF3O2/c1-13-12-30-9-8-27(13)11-16-10-26-6-7-28(16)15-4-2-14(3-5-15)17(29,18(20,21)22)19(23,24)25;3-2(4,5)1(6)7/h2-5,13,16,26,29H,6-12H2,1H3;(H,6,7)/t13-,16+;/m0./s1. The maximum Gasteiger partial charge on any atom is 0.490 e. The van der Waals surface area contributed by atoms with Crippen molar-refractivity contribution in [2.75, 3.05) is 50.8 Å². The van der Waals surface area contributed by atoms with Gasteiger partial charge >= 0.3 is 24.5 Å². The molecule has 0 spiro atoms. The van der Waals surface area contributed by atoms with Gasteiger partial charge in [0.1, 0.15) is 0 Å². The van der Waals surface area contributed by atoms with Gasteiger partial charge in [0.2, 0.25) is 0 Å². The van der Waals surface area contributed by atoms with E-state index < -0.39 is 35.7 Å². The van der Waals surface area contributed by atoms with Gasteiger partial charge in [0, 0.05) is 50.0 Å². The first-order chi connectivity index (χ1) is 16.9. The van der Waals surface area contributed by atoms with Crippen LogP contribution in [-0.4, -0.2) is 97.6 Å². The number of aliphatic carboxylic acids is 1. The molecule has 3 rings (SSSR count). The molecule has 7 nitrogen and oxygen atoms in total. The fourth-order valence-electron chi connectivity index (χ4n) is 3.95. The second-order valence-electron chi connectivity index (χ2n) is 8.53. The third-order valence-electron chi connectivity index (χ3n) is 5.98. The molecular formula is C21H26F9N3O4. The molecule has 1 aromatic rings. The maximum absolute atomic E-state index is 13.1. The quantitative estimate of drug-likeness (QED) is 0.493. The zero-order valence-electron chi connectivity index (χ0n) is 19.4. The first-order valence-corrected chi connectivity index (χ1v) is 10.9. The fraction of sp³-hybridized carbons (Fsp3) is 0.667. The highest BCUT2D eigenvalue weighted by atomic mass is 19.4. The molecule has 0 radical (unpaired) electrons. The number of ether oxygens (including phenoxy) is 1. The van der Waals surface area contributed by atoms with Gasteiger partial charge < -0.3 is 25.2 Å². The minimum absolute atomic E-state index is 0.00531. The van der Waals surface area contributed by atoms with Gasteiger partial charge in [-0.05, 0) is 19.1 Å². The van der Waals surface area contributed by atoms with Crippen LogP contribution in [-0.2, 0) is 15.1 Å². The number of carboxylic acid groups (broad SMARTS) is 1. The molecule has 2 heterocycles. The normalized spacial score (nSPS) is 22.3. The molecule has 2 aliphatic rings. The number of hydrogen-bond acceptors (Lipinski definition) is 6. The summed E-state index contributed by atoms with van der Waals surface area (Å²) in [4.78, 5) is 13.1. The number of hydrogen-bond donors (Lipinski definition) is 3. The van der Waals surface area contributed by atoms with Crippen LogP contribution in [0.15, 0.2) is 24.3 Å². The average Bonchev–Trinajstić information content (AvgIpc) is 2.79. The predicted molar refractivity (Wildman–Crippen MR) is 112 cm³/mol. The average molecular weight is 555 g/mol. The van der Waals surface area contributed by atoms with E-state index in [1.807, 2.05) is 11.8 Å². The van der Waals surface area contributed by atoms with Gasteiger partial charge in [-0.3, -0.25) is 4.90 Å². The number of nitrogens with one attached hydrogen (secondary N) is 1. The lowest BCUT2D eigenvalue weighted by Crippen LogP contribution is -2.58. The molecule has 16 heteroatoms. The third kappa shape index (κ3) is 7.39. The Kier molecular flexibility index (Phi) is 9.71. The Morgan fingerprint density at radius 3 is 2.03 bits per heavy atom. The number of rotatable bonds is 4. The van der Waals surface area contributed by atoms with Crippen LogP contribution in [0.2, 0.25) is 0 Å². The first kappa shape index (κ1) is 30.9. The van der Waals surface area contributed by atoms with Crippen molar-refractivity contribution in [3.63, 3.8) is 0 Å². The number of morpholine rings is 1. The second kappa shape index (κ2) is 11.6. The number of carboxylic acids is 1. The van der Waals surface area contributed by atoms with E-state index in [0.29, 0.717) is 57.2 Å². The Bertz CT molecular complexity index is 877. The SMILES string of the molecule is C[C@H]1COCCN1C[C@H]1CNCCN1c1ccc(C(O)(C(F)(F)F)C(F)(F)F)cc1.O=C(O)C(F)(F)F. The smallest absolute Gasteiger partial charge is 0.475 e. The van der Waals surface area contributed by atoms with Crippen LogP contribution >= 0.6 is 0 Å². The van der Waals surface area contributed by atoms with Crippen molar-refractivity contribution in [2.24, 2.45) is 0 Å². The molecule has 0 saturated carbocycles. The molecule has 1 aromatic carbocycles. The number of benzene rings is 1. The van der Waals surface area contributed by atoms with Crippen molar-refractivity contribution in [1.82, 2.24) is 10.2 Å². The van der Waals surface area contributed by atoms with E-state index in [-0.39, 0.29) is 12.1 Å². The second-order valence-corrected chi connectivity index (χ2v) is 8.53. The zero-order valence-corrected chi connectivity index (χ0v) is 19.4. The number of aliphatic hydroxyl groups is 1. The van der Waals surface area contributed by atoms with Gasteiger partial charge in [-0.2, -0.15) is 39.5 Å². The van der Waals surface area contributed by atoms with E-state index in [1.165, 1.54) is 12.1 Å². The van der Waals surface area contributed by atoms with E-state index in [2.05, 4.69) is 10.2 Å². The molecule has 0 aromatic heterocycles. The molecule has 3 N–H and O–H groups in total. The lowest BCUT2D eigenvalue weighted by atomic mass is 9.92.